The van der Waals surface area contributed by atoms with Gasteiger partial charge in [-0.1, -0.05) is 6.07 Å². The number of nitrogens with two attached hydrogens (primary N) is 1. The molecule has 0 spiro atoms. The number of ether oxygens (including phenoxy) is 1. The highest BCUT2D eigenvalue weighted by atomic mass is 32.2. The number of nitrogen functional groups attached to an aromatic ring is 1. The summed E-state index contributed by atoms with van der Waals surface area (Å²) in [5.41, 5.74) is 6.80. The van der Waals surface area contributed by atoms with Gasteiger partial charge in [0.2, 0.25) is 0 Å². The SMILES string of the molecule is CCOc1cccc(N)c1C(=O)NCC1(SC)CC1. The maximum atomic E-state index is 12.3. The predicted molar refractivity (Wildman–Crippen MR) is 79.8 cm³/mol. The largest absolute Gasteiger partial charge is 0.493 e. The van der Waals surface area contributed by atoms with E-state index in [4.69, 9.17) is 10.5 Å². The fourth-order valence-corrected chi connectivity index (χ4v) is 2.72. The van der Waals surface area contributed by atoms with Gasteiger partial charge in [0.05, 0.1) is 6.61 Å². The van der Waals surface area contributed by atoms with Gasteiger partial charge >= 0.3 is 0 Å². The zero-order valence-electron chi connectivity index (χ0n) is 11.4. The zero-order chi connectivity index (χ0) is 13.9. The Balaban J connectivity index is 2.09. The third-order valence-electron chi connectivity index (χ3n) is 3.40. The van der Waals surface area contributed by atoms with Gasteiger partial charge in [0.1, 0.15) is 11.3 Å². The normalized spacial score (nSPS) is 15.9. The molecule has 3 N–H and O–H groups in total. The first-order chi connectivity index (χ1) is 9.12. The van der Waals surface area contributed by atoms with Crippen molar-refractivity contribution >= 4 is 23.4 Å². The number of carbonyl (C=O) groups is 1. The highest BCUT2D eigenvalue weighted by Crippen LogP contribution is 2.46. The molecule has 1 amide bonds. The van der Waals surface area contributed by atoms with Gasteiger partial charge in [-0.05, 0) is 38.2 Å². The van der Waals surface area contributed by atoms with Gasteiger partial charge in [-0.25, -0.2) is 0 Å². The molecule has 1 fully saturated rings. The van der Waals surface area contributed by atoms with Gasteiger partial charge in [-0.3, -0.25) is 4.79 Å². The summed E-state index contributed by atoms with van der Waals surface area (Å²) in [5, 5.41) is 2.97. The van der Waals surface area contributed by atoms with Crippen molar-refractivity contribution in [3.05, 3.63) is 23.8 Å². The number of carbonyl (C=O) groups excluding carboxylic acids is 1. The molecule has 0 radical (unpaired) electrons. The molecule has 0 bridgehead atoms. The van der Waals surface area contributed by atoms with Gasteiger partial charge in [0.25, 0.3) is 5.91 Å². The molecule has 0 atom stereocenters. The summed E-state index contributed by atoms with van der Waals surface area (Å²) in [6.07, 6.45) is 4.41. The Labute approximate surface area is 118 Å². The van der Waals surface area contributed by atoms with Crippen molar-refractivity contribution in [2.24, 2.45) is 0 Å². The number of hydrogen-bond donors (Lipinski definition) is 2. The molecule has 1 aliphatic rings. The minimum Gasteiger partial charge on any atom is -0.493 e. The second kappa shape index (κ2) is 5.74. The third-order valence-corrected chi connectivity index (χ3v) is 4.82. The molecule has 0 aliphatic heterocycles. The Morgan fingerprint density at radius 3 is 2.84 bits per heavy atom. The summed E-state index contributed by atoms with van der Waals surface area (Å²) in [6, 6.07) is 5.29. The number of amides is 1. The van der Waals surface area contributed by atoms with E-state index in [1.165, 1.54) is 0 Å². The number of rotatable bonds is 6. The van der Waals surface area contributed by atoms with E-state index in [2.05, 4.69) is 11.6 Å². The van der Waals surface area contributed by atoms with Crippen molar-refractivity contribution in [2.75, 3.05) is 25.1 Å². The van der Waals surface area contributed by atoms with Crippen LogP contribution in [0.25, 0.3) is 0 Å². The van der Waals surface area contributed by atoms with E-state index in [1.807, 2.05) is 18.7 Å². The van der Waals surface area contributed by atoms with Crippen molar-refractivity contribution in [1.82, 2.24) is 5.32 Å². The molecule has 0 heterocycles. The van der Waals surface area contributed by atoms with Crippen LogP contribution in [0.3, 0.4) is 0 Å². The standard InChI is InChI=1S/C14H20N2O2S/c1-3-18-11-6-4-5-10(15)12(11)13(17)16-9-14(19-2)7-8-14/h4-6H,3,7-9,15H2,1-2H3,(H,16,17). The van der Waals surface area contributed by atoms with Crippen LogP contribution >= 0.6 is 11.8 Å². The summed E-state index contributed by atoms with van der Waals surface area (Å²) in [4.78, 5) is 12.3. The molecule has 2 rings (SSSR count). The highest BCUT2D eigenvalue weighted by molar-refractivity contribution is 8.00. The van der Waals surface area contributed by atoms with Gasteiger partial charge in [0, 0.05) is 17.0 Å². The fourth-order valence-electron chi connectivity index (χ4n) is 1.99. The quantitative estimate of drug-likeness (QED) is 0.785. The van der Waals surface area contributed by atoms with Crippen LogP contribution in [0, 0.1) is 0 Å². The van der Waals surface area contributed by atoms with Gasteiger partial charge in [0.15, 0.2) is 0 Å². The highest BCUT2D eigenvalue weighted by Gasteiger charge is 2.42. The molecule has 4 nitrogen and oxygen atoms in total. The van der Waals surface area contributed by atoms with Crippen molar-refractivity contribution < 1.29 is 9.53 Å². The van der Waals surface area contributed by atoms with Crippen molar-refractivity contribution in [1.29, 1.82) is 0 Å². The molecule has 1 aromatic carbocycles. The molecular weight excluding hydrogens is 260 g/mol. The monoisotopic (exact) mass is 280 g/mol. The van der Waals surface area contributed by atoms with E-state index in [9.17, 15) is 4.79 Å². The molecule has 19 heavy (non-hydrogen) atoms. The van der Waals surface area contributed by atoms with Crippen LogP contribution in [0.15, 0.2) is 18.2 Å². The van der Waals surface area contributed by atoms with Crippen molar-refractivity contribution in [3.8, 4) is 5.75 Å². The number of nitrogens with one attached hydrogen (secondary N) is 1. The van der Waals surface area contributed by atoms with Gasteiger partial charge < -0.3 is 15.8 Å². The summed E-state index contributed by atoms with van der Waals surface area (Å²) >= 11 is 1.82. The summed E-state index contributed by atoms with van der Waals surface area (Å²) in [7, 11) is 0. The van der Waals surface area contributed by atoms with E-state index >= 15 is 0 Å². The van der Waals surface area contributed by atoms with E-state index in [0.29, 0.717) is 30.2 Å². The molecule has 0 aromatic heterocycles. The zero-order valence-corrected chi connectivity index (χ0v) is 12.2. The minimum absolute atomic E-state index is 0.151. The van der Waals surface area contributed by atoms with Crippen LogP contribution in [0.5, 0.6) is 5.75 Å². The maximum absolute atomic E-state index is 12.3. The first kappa shape index (κ1) is 14.1. The van der Waals surface area contributed by atoms with E-state index in [-0.39, 0.29) is 10.7 Å². The van der Waals surface area contributed by atoms with Crippen LogP contribution in [-0.4, -0.2) is 30.1 Å². The number of benzene rings is 1. The Morgan fingerprint density at radius 2 is 2.26 bits per heavy atom. The topological polar surface area (TPSA) is 64.3 Å². The predicted octanol–water partition coefficient (Wildman–Crippen LogP) is 2.29. The molecule has 1 saturated carbocycles. The Hall–Kier alpha value is -1.36. The number of thioether (sulfide) groups is 1. The Bertz CT molecular complexity index is 473. The average molecular weight is 280 g/mol. The molecule has 1 aromatic rings. The van der Waals surface area contributed by atoms with Crippen LogP contribution in [0.4, 0.5) is 5.69 Å². The first-order valence-electron chi connectivity index (χ1n) is 6.46. The molecule has 5 heteroatoms. The Kier molecular flexibility index (Phi) is 4.24. The summed E-state index contributed by atoms with van der Waals surface area (Å²) < 4.78 is 5.71. The molecule has 1 aliphatic carbocycles. The minimum atomic E-state index is -0.151. The lowest BCUT2D eigenvalue weighted by Crippen LogP contribution is -2.32. The van der Waals surface area contributed by atoms with Crippen molar-refractivity contribution in [3.63, 3.8) is 0 Å². The molecule has 0 saturated heterocycles. The van der Waals surface area contributed by atoms with Crippen LogP contribution < -0.4 is 15.8 Å². The Morgan fingerprint density at radius 1 is 1.53 bits per heavy atom. The average Bonchev–Trinajstić information content (AvgIpc) is 3.17. The summed E-state index contributed by atoms with van der Waals surface area (Å²) in [5.74, 6) is 0.399. The first-order valence-corrected chi connectivity index (χ1v) is 7.69. The summed E-state index contributed by atoms with van der Waals surface area (Å²) in [6.45, 7) is 3.09. The van der Waals surface area contributed by atoms with Gasteiger partial charge in [-0.2, -0.15) is 11.8 Å². The van der Waals surface area contributed by atoms with Crippen LogP contribution in [0.1, 0.15) is 30.1 Å². The van der Waals surface area contributed by atoms with E-state index < -0.39 is 0 Å². The fraction of sp³-hybridized carbons (Fsp3) is 0.500. The molecule has 104 valence electrons. The third kappa shape index (κ3) is 3.15. The lowest BCUT2D eigenvalue weighted by Gasteiger charge is -2.16. The van der Waals surface area contributed by atoms with E-state index in [0.717, 1.165) is 12.8 Å². The lowest BCUT2D eigenvalue weighted by atomic mass is 10.1. The smallest absolute Gasteiger partial charge is 0.257 e. The second-order valence-corrected chi connectivity index (χ2v) is 6.00. The van der Waals surface area contributed by atoms with Crippen LogP contribution in [0.2, 0.25) is 0 Å². The van der Waals surface area contributed by atoms with Crippen LogP contribution in [-0.2, 0) is 0 Å². The van der Waals surface area contributed by atoms with E-state index in [1.54, 1.807) is 18.2 Å². The van der Waals surface area contributed by atoms with Gasteiger partial charge in [-0.15, -0.1) is 0 Å². The number of anilines is 1. The number of hydrogen-bond acceptors (Lipinski definition) is 4. The molecular formula is C14H20N2O2S. The molecule has 0 unspecified atom stereocenters. The van der Waals surface area contributed by atoms with Crippen molar-refractivity contribution in [2.45, 2.75) is 24.5 Å². The second-order valence-electron chi connectivity index (χ2n) is 4.72. The lowest BCUT2D eigenvalue weighted by molar-refractivity contribution is 0.0950. The maximum Gasteiger partial charge on any atom is 0.257 e.